The van der Waals surface area contributed by atoms with Crippen molar-refractivity contribution in [2.45, 2.75) is 19.6 Å². The lowest BCUT2D eigenvalue weighted by Crippen LogP contribution is -2.24. The highest BCUT2D eigenvalue weighted by Gasteiger charge is 2.11. The molecule has 2 aromatic rings. The molecule has 5 nitrogen and oxygen atoms in total. The maximum absolute atomic E-state index is 10.3. The molecule has 1 atom stereocenters. The van der Waals surface area contributed by atoms with Crippen LogP contribution in [0, 0.1) is 6.92 Å². The molecular weight excluding hydrogens is 276 g/mol. The summed E-state index contributed by atoms with van der Waals surface area (Å²) in [5.74, 6) is 0.700. The summed E-state index contributed by atoms with van der Waals surface area (Å²) in [6.07, 6.45) is 3.17. The van der Waals surface area contributed by atoms with E-state index in [1.807, 2.05) is 69.6 Å². The number of benzene rings is 1. The maximum atomic E-state index is 10.3. The molecule has 0 aliphatic heterocycles. The zero-order valence-corrected chi connectivity index (χ0v) is 13.7. The molecule has 0 aliphatic rings. The number of likely N-dealkylation sites (N-methyl/N-ethyl adjacent to an activating group) is 1. The van der Waals surface area contributed by atoms with Gasteiger partial charge in [0.25, 0.3) is 0 Å². The van der Waals surface area contributed by atoms with Crippen LogP contribution < -0.4 is 4.90 Å². The number of nitrogens with zero attached hydrogens (tertiary/aromatic N) is 4. The fourth-order valence-corrected chi connectivity index (χ4v) is 2.23. The van der Waals surface area contributed by atoms with E-state index >= 15 is 0 Å². The van der Waals surface area contributed by atoms with Crippen LogP contribution in [0.3, 0.4) is 0 Å². The van der Waals surface area contributed by atoms with Gasteiger partial charge in [0.05, 0.1) is 6.10 Å². The van der Waals surface area contributed by atoms with E-state index in [9.17, 15) is 5.11 Å². The Morgan fingerprint density at radius 3 is 2.18 bits per heavy atom. The van der Waals surface area contributed by atoms with E-state index in [0.29, 0.717) is 19.0 Å². The number of aliphatic hydroxyl groups is 1. The molecule has 118 valence electrons. The van der Waals surface area contributed by atoms with E-state index in [1.165, 1.54) is 5.56 Å². The molecule has 2 rings (SSSR count). The smallest absolute Gasteiger partial charge is 0.224 e. The van der Waals surface area contributed by atoms with E-state index in [2.05, 4.69) is 14.9 Å². The van der Waals surface area contributed by atoms with Gasteiger partial charge in [-0.05, 0) is 19.5 Å². The monoisotopic (exact) mass is 300 g/mol. The lowest BCUT2D eigenvalue weighted by molar-refractivity contribution is 0.123. The van der Waals surface area contributed by atoms with Gasteiger partial charge in [-0.2, -0.15) is 0 Å². The predicted octanol–water partition coefficient (Wildman–Crippen LogP) is 2.02. The molecule has 0 amide bonds. The third kappa shape index (κ3) is 4.51. The molecular formula is C17H24N4O. The number of aliphatic hydroxyl groups excluding tert-OH is 1. The number of hydrogen-bond acceptors (Lipinski definition) is 5. The Bertz CT molecular complexity index is 581. The van der Waals surface area contributed by atoms with Crippen molar-refractivity contribution in [2.24, 2.45) is 0 Å². The van der Waals surface area contributed by atoms with Crippen LogP contribution in [0.5, 0.6) is 0 Å². The van der Waals surface area contributed by atoms with Crippen LogP contribution in [-0.2, 0) is 6.54 Å². The third-order valence-electron chi connectivity index (χ3n) is 3.49. The summed E-state index contributed by atoms with van der Waals surface area (Å²) in [5, 5.41) is 10.3. The summed E-state index contributed by atoms with van der Waals surface area (Å²) < 4.78 is 0. The van der Waals surface area contributed by atoms with Crippen molar-refractivity contribution in [3.8, 4) is 0 Å². The predicted molar refractivity (Wildman–Crippen MR) is 88.8 cm³/mol. The lowest BCUT2D eigenvalue weighted by Gasteiger charge is -2.21. The summed E-state index contributed by atoms with van der Waals surface area (Å²) in [6, 6.07) is 7.99. The average molecular weight is 300 g/mol. The Kier molecular flexibility index (Phi) is 5.46. The van der Waals surface area contributed by atoms with Crippen molar-refractivity contribution in [1.29, 1.82) is 0 Å². The number of anilines is 1. The van der Waals surface area contributed by atoms with E-state index < -0.39 is 6.10 Å². The molecule has 0 spiro atoms. The Labute approximate surface area is 132 Å². The van der Waals surface area contributed by atoms with Crippen molar-refractivity contribution >= 4 is 5.95 Å². The maximum Gasteiger partial charge on any atom is 0.224 e. The van der Waals surface area contributed by atoms with E-state index in [-0.39, 0.29) is 0 Å². The molecule has 1 heterocycles. The van der Waals surface area contributed by atoms with Crippen molar-refractivity contribution in [2.75, 3.05) is 32.6 Å². The zero-order valence-electron chi connectivity index (χ0n) is 13.7. The molecule has 0 saturated carbocycles. The van der Waals surface area contributed by atoms with Crippen molar-refractivity contribution in [1.82, 2.24) is 14.9 Å². The van der Waals surface area contributed by atoms with E-state index in [0.717, 1.165) is 11.1 Å². The Balaban J connectivity index is 1.91. The zero-order chi connectivity index (χ0) is 16.1. The topological polar surface area (TPSA) is 52.5 Å². The fraction of sp³-hybridized carbons (Fsp3) is 0.412. The summed E-state index contributed by atoms with van der Waals surface area (Å²) in [5.41, 5.74) is 3.17. The van der Waals surface area contributed by atoms with Gasteiger partial charge in [0.2, 0.25) is 5.95 Å². The van der Waals surface area contributed by atoms with Crippen LogP contribution in [0.2, 0.25) is 0 Å². The summed E-state index contributed by atoms with van der Waals surface area (Å²) in [7, 11) is 5.81. The molecule has 0 radical (unpaired) electrons. The molecule has 1 unspecified atom stereocenters. The molecule has 0 aliphatic carbocycles. The largest absolute Gasteiger partial charge is 0.387 e. The first kappa shape index (κ1) is 16.4. The van der Waals surface area contributed by atoms with Crippen LogP contribution in [0.15, 0.2) is 36.7 Å². The molecule has 0 fully saturated rings. The molecule has 0 saturated heterocycles. The second-order valence-electron chi connectivity index (χ2n) is 5.91. The summed E-state index contributed by atoms with van der Waals surface area (Å²) in [6.45, 7) is 3.31. The van der Waals surface area contributed by atoms with Gasteiger partial charge in [-0.1, -0.05) is 29.8 Å². The highest BCUT2D eigenvalue weighted by molar-refractivity contribution is 5.26. The Morgan fingerprint density at radius 2 is 1.64 bits per heavy atom. The standard InChI is InChI=1S/C17H24N4O/c1-13-5-7-15(8-6-13)16(22)12-21(4)11-14-9-18-17(19-10-14)20(2)3/h5-10,16,22H,11-12H2,1-4H3. The van der Waals surface area contributed by atoms with Gasteiger partial charge in [-0.25, -0.2) is 9.97 Å². The van der Waals surface area contributed by atoms with Gasteiger partial charge in [-0.15, -0.1) is 0 Å². The Hall–Kier alpha value is -1.98. The van der Waals surface area contributed by atoms with Gasteiger partial charge < -0.3 is 10.0 Å². The summed E-state index contributed by atoms with van der Waals surface area (Å²) in [4.78, 5) is 12.5. The van der Waals surface area contributed by atoms with Crippen LogP contribution >= 0.6 is 0 Å². The van der Waals surface area contributed by atoms with E-state index in [4.69, 9.17) is 0 Å². The van der Waals surface area contributed by atoms with Gasteiger partial charge in [0.15, 0.2) is 0 Å². The third-order valence-corrected chi connectivity index (χ3v) is 3.49. The average Bonchev–Trinajstić information content (AvgIpc) is 2.48. The molecule has 22 heavy (non-hydrogen) atoms. The minimum absolute atomic E-state index is 0.493. The van der Waals surface area contributed by atoms with Crippen LogP contribution in [-0.4, -0.2) is 47.7 Å². The Morgan fingerprint density at radius 1 is 1.05 bits per heavy atom. The number of aryl methyl sites for hydroxylation is 1. The number of rotatable bonds is 6. The van der Waals surface area contributed by atoms with Crippen LogP contribution in [0.25, 0.3) is 0 Å². The normalized spacial score (nSPS) is 12.5. The highest BCUT2D eigenvalue weighted by atomic mass is 16.3. The first-order valence-corrected chi connectivity index (χ1v) is 7.37. The second-order valence-corrected chi connectivity index (χ2v) is 5.91. The number of aromatic nitrogens is 2. The van der Waals surface area contributed by atoms with Crippen molar-refractivity contribution in [3.63, 3.8) is 0 Å². The first-order valence-electron chi connectivity index (χ1n) is 7.37. The molecule has 1 N–H and O–H groups in total. The van der Waals surface area contributed by atoms with Gasteiger partial charge in [0, 0.05) is 45.1 Å². The molecule has 1 aromatic heterocycles. The van der Waals surface area contributed by atoms with Gasteiger partial charge >= 0.3 is 0 Å². The van der Waals surface area contributed by atoms with Crippen molar-refractivity contribution in [3.05, 3.63) is 53.3 Å². The van der Waals surface area contributed by atoms with Crippen LogP contribution in [0.4, 0.5) is 5.95 Å². The second kappa shape index (κ2) is 7.33. The minimum Gasteiger partial charge on any atom is -0.387 e. The fourth-order valence-electron chi connectivity index (χ4n) is 2.23. The summed E-state index contributed by atoms with van der Waals surface area (Å²) >= 11 is 0. The molecule has 5 heteroatoms. The number of hydrogen-bond donors (Lipinski definition) is 1. The first-order chi connectivity index (χ1) is 10.5. The SMILES string of the molecule is Cc1ccc(C(O)CN(C)Cc2cnc(N(C)C)nc2)cc1. The highest BCUT2D eigenvalue weighted by Crippen LogP contribution is 2.15. The van der Waals surface area contributed by atoms with Gasteiger partial charge in [-0.3, -0.25) is 4.90 Å². The van der Waals surface area contributed by atoms with E-state index in [1.54, 1.807) is 0 Å². The van der Waals surface area contributed by atoms with Crippen molar-refractivity contribution < 1.29 is 5.11 Å². The lowest BCUT2D eigenvalue weighted by atomic mass is 10.1. The molecule has 1 aromatic carbocycles. The molecule has 0 bridgehead atoms. The van der Waals surface area contributed by atoms with Crippen LogP contribution in [0.1, 0.15) is 22.8 Å². The minimum atomic E-state index is -0.493. The quantitative estimate of drug-likeness (QED) is 0.884. The van der Waals surface area contributed by atoms with Gasteiger partial charge in [0.1, 0.15) is 0 Å².